The molecule has 1 atom stereocenters. The van der Waals surface area contributed by atoms with Crippen molar-refractivity contribution >= 4 is 11.6 Å². The maximum atomic E-state index is 11.4. The van der Waals surface area contributed by atoms with Crippen LogP contribution >= 0.6 is 0 Å². The fourth-order valence-electron chi connectivity index (χ4n) is 2.41. The van der Waals surface area contributed by atoms with E-state index < -0.39 is 0 Å². The van der Waals surface area contributed by atoms with Crippen molar-refractivity contribution in [3.05, 3.63) is 24.0 Å². The fourth-order valence-corrected chi connectivity index (χ4v) is 2.41. The van der Waals surface area contributed by atoms with Crippen LogP contribution in [0.15, 0.2) is 18.3 Å². The number of anilines is 1. The predicted molar refractivity (Wildman–Crippen MR) is 72.8 cm³/mol. The zero-order valence-electron chi connectivity index (χ0n) is 11.4. The van der Waals surface area contributed by atoms with Crippen LogP contribution in [0, 0.1) is 0 Å². The summed E-state index contributed by atoms with van der Waals surface area (Å²) in [7, 11) is 4.02. The van der Waals surface area contributed by atoms with Crippen LogP contribution in [-0.2, 0) is 4.79 Å². The second kappa shape index (κ2) is 5.38. The molecule has 1 fully saturated rings. The fraction of sp³-hybridized carbons (Fsp3) is 0.571. The van der Waals surface area contributed by atoms with Gasteiger partial charge in [0.25, 0.3) is 0 Å². The third kappa shape index (κ3) is 2.81. The Morgan fingerprint density at radius 3 is 2.78 bits per heavy atom. The number of aromatic nitrogens is 1. The lowest BCUT2D eigenvalue weighted by Crippen LogP contribution is -2.37. The average Bonchev–Trinajstić information content (AvgIpc) is 2.39. The van der Waals surface area contributed by atoms with Crippen LogP contribution in [-0.4, -0.2) is 43.0 Å². The van der Waals surface area contributed by atoms with Crippen molar-refractivity contribution < 1.29 is 4.79 Å². The van der Waals surface area contributed by atoms with Gasteiger partial charge >= 0.3 is 0 Å². The van der Waals surface area contributed by atoms with Crippen molar-refractivity contribution in [2.45, 2.75) is 25.7 Å². The van der Waals surface area contributed by atoms with Crippen molar-refractivity contribution in [1.29, 1.82) is 0 Å². The standard InChI is InChI=1S/C14H21N3O/c1-11(18)17-8-4-5-12(10-17)14-7-6-13(9-15-14)16(2)3/h6-7,9,12H,4-5,8,10H2,1-3H3. The Kier molecular flexibility index (Phi) is 3.84. The molecular formula is C14H21N3O. The minimum absolute atomic E-state index is 0.171. The third-order valence-electron chi connectivity index (χ3n) is 3.57. The van der Waals surface area contributed by atoms with Crippen molar-refractivity contribution in [2.24, 2.45) is 0 Å². The summed E-state index contributed by atoms with van der Waals surface area (Å²) in [6.45, 7) is 3.34. The van der Waals surface area contributed by atoms with E-state index in [1.165, 1.54) is 0 Å². The first-order valence-electron chi connectivity index (χ1n) is 6.46. The number of likely N-dealkylation sites (tertiary alicyclic amines) is 1. The van der Waals surface area contributed by atoms with Gasteiger partial charge in [0.15, 0.2) is 0 Å². The Morgan fingerprint density at radius 1 is 1.44 bits per heavy atom. The van der Waals surface area contributed by atoms with E-state index in [2.05, 4.69) is 17.1 Å². The van der Waals surface area contributed by atoms with Gasteiger partial charge < -0.3 is 9.80 Å². The second-order valence-corrected chi connectivity index (χ2v) is 5.14. The number of carbonyl (C=O) groups excluding carboxylic acids is 1. The zero-order valence-corrected chi connectivity index (χ0v) is 11.4. The predicted octanol–water partition coefficient (Wildman–Crippen LogP) is 1.87. The van der Waals surface area contributed by atoms with Gasteiger partial charge in [-0.15, -0.1) is 0 Å². The molecule has 1 aliphatic rings. The molecule has 1 saturated heterocycles. The van der Waals surface area contributed by atoms with Crippen LogP contribution in [0.3, 0.4) is 0 Å². The SMILES string of the molecule is CC(=O)N1CCCC(c2ccc(N(C)C)cn2)C1. The number of hydrogen-bond acceptors (Lipinski definition) is 3. The lowest BCUT2D eigenvalue weighted by atomic mass is 9.94. The van der Waals surface area contributed by atoms with Crippen LogP contribution in [0.25, 0.3) is 0 Å². The van der Waals surface area contributed by atoms with E-state index >= 15 is 0 Å². The summed E-state index contributed by atoms with van der Waals surface area (Å²) >= 11 is 0. The Balaban J connectivity index is 2.09. The van der Waals surface area contributed by atoms with Crippen LogP contribution in [0.1, 0.15) is 31.4 Å². The quantitative estimate of drug-likeness (QED) is 0.800. The van der Waals surface area contributed by atoms with E-state index in [0.29, 0.717) is 5.92 Å². The first-order chi connectivity index (χ1) is 8.58. The van der Waals surface area contributed by atoms with Crippen LogP contribution in [0.4, 0.5) is 5.69 Å². The molecule has 0 aromatic carbocycles. The molecule has 0 aliphatic carbocycles. The summed E-state index contributed by atoms with van der Waals surface area (Å²) in [6.07, 6.45) is 4.10. The molecule has 4 nitrogen and oxygen atoms in total. The summed E-state index contributed by atoms with van der Waals surface area (Å²) < 4.78 is 0. The van der Waals surface area contributed by atoms with Gasteiger partial charge in [-0.2, -0.15) is 0 Å². The van der Waals surface area contributed by atoms with Crippen LogP contribution in [0.5, 0.6) is 0 Å². The van der Waals surface area contributed by atoms with Crippen LogP contribution in [0.2, 0.25) is 0 Å². The number of hydrogen-bond donors (Lipinski definition) is 0. The Labute approximate surface area is 109 Å². The van der Waals surface area contributed by atoms with E-state index in [-0.39, 0.29) is 5.91 Å². The van der Waals surface area contributed by atoms with Gasteiger partial charge in [0.2, 0.25) is 5.91 Å². The lowest BCUT2D eigenvalue weighted by Gasteiger charge is -2.31. The Hall–Kier alpha value is -1.58. The summed E-state index contributed by atoms with van der Waals surface area (Å²) in [4.78, 5) is 19.9. The molecule has 2 rings (SSSR count). The van der Waals surface area contributed by atoms with Crippen molar-refractivity contribution in [1.82, 2.24) is 9.88 Å². The van der Waals surface area contributed by atoms with E-state index in [4.69, 9.17) is 0 Å². The molecule has 0 bridgehead atoms. The van der Waals surface area contributed by atoms with Gasteiger partial charge in [-0.3, -0.25) is 9.78 Å². The van der Waals surface area contributed by atoms with Crippen molar-refractivity contribution in [3.63, 3.8) is 0 Å². The molecule has 98 valence electrons. The van der Waals surface area contributed by atoms with Crippen molar-refractivity contribution in [3.8, 4) is 0 Å². The highest BCUT2D eigenvalue weighted by Crippen LogP contribution is 2.26. The molecule has 1 aromatic rings. The first kappa shape index (κ1) is 12.9. The molecule has 0 spiro atoms. The molecule has 2 heterocycles. The Bertz CT molecular complexity index is 414. The van der Waals surface area contributed by atoms with Gasteiger partial charge in [-0.05, 0) is 25.0 Å². The molecule has 0 saturated carbocycles. The number of nitrogens with zero attached hydrogens (tertiary/aromatic N) is 3. The maximum absolute atomic E-state index is 11.4. The highest BCUT2D eigenvalue weighted by atomic mass is 16.2. The molecule has 0 N–H and O–H groups in total. The summed E-state index contributed by atoms with van der Waals surface area (Å²) in [5, 5.41) is 0. The number of amides is 1. The van der Waals surface area contributed by atoms with Gasteiger partial charge in [0.1, 0.15) is 0 Å². The topological polar surface area (TPSA) is 36.4 Å². The van der Waals surface area contributed by atoms with Gasteiger partial charge in [-0.1, -0.05) is 0 Å². The molecule has 4 heteroatoms. The highest BCUT2D eigenvalue weighted by Gasteiger charge is 2.23. The minimum atomic E-state index is 0.171. The number of rotatable bonds is 2. The minimum Gasteiger partial charge on any atom is -0.376 e. The average molecular weight is 247 g/mol. The smallest absolute Gasteiger partial charge is 0.219 e. The molecule has 1 aliphatic heterocycles. The van der Waals surface area contributed by atoms with Gasteiger partial charge in [-0.25, -0.2) is 0 Å². The molecule has 1 amide bonds. The largest absolute Gasteiger partial charge is 0.376 e. The van der Waals surface area contributed by atoms with Crippen LogP contribution < -0.4 is 4.90 Å². The normalized spacial score (nSPS) is 19.7. The Morgan fingerprint density at radius 2 is 2.22 bits per heavy atom. The van der Waals surface area contributed by atoms with E-state index in [9.17, 15) is 4.79 Å². The maximum Gasteiger partial charge on any atom is 0.219 e. The summed E-state index contributed by atoms with van der Waals surface area (Å²) in [5.74, 6) is 0.559. The second-order valence-electron chi connectivity index (χ2n) is 5.14. The molecule has 18 heavy (non-hydrogen) atoms. The highest BCUT2D eigenvalue weighted by molar-refractivity contribution is 5.73. The van der Waals surface area contributed by atoms with Crippen molar-refractivity contribution in [2.75, 3.05) is 32.1 Å². The van der Waals surface area contributed by atoms with Gasteiger partial charge in [0, 0.05) is 45.7 Å². The number of piperidine rings is 1. The summed E-state index contributed by atoms with van der Waals surface area (Å²) in [6, 6.07) is 4.18. The van der Waals surface area contributed by atoms with E-state index in [1.54, 1.807) is 6.92 Å². The van der Waals surface area contributed by atoms with Gasteiger partial charge in [0.05, 0.1) is 11.9 Å². The molecular weight excluding hydrogens is 226 g/mol. The monoisotopic (exact) mass is 247 g/mol. The summed E-state index contributed by atoms with van der Waals surface area (Å²) in [5.41, 5.74) is 2.21. The first-order valence-corrected chi connectivity index (χ1v) is 6.46. The third-order valence-corrected chi connectivity index (χ3v) is 3.57. The number of pyridine rings is 1. The zero-order chi connectivity index (χ0) is 13.1. The molecule has 1 unspecified atom stereocenters. The molecule has 1 aromatic heterocycles. The van der Waals surface area contributed by atoms with E-state index in [1.807, 2.05) is 30.1 Å². The lowest BCUT2D eigenvalue weighted by molar-refractivity contribution is -0.130. The number of carbonyl (C=O) groups is 1. The molecule has 0 radical (unpaired) electrons. The van der Waals surface area contributed by atoms with E-state index in [0.717, 1.165) is 37.3 Å².